The molecule has 7 nitrogen and oxygen atoms in total. The first-order valence-electron chi connectivity index (χ1n) is 9.72. The number of aromatic nitrogens is 3. The number of hydrogen-bond donors (Lipinski definition) is 3. The van der Waals surface area contributed by atoms with Crippen LogP contribution in [0.2, 0.25) is 5.02 Å². The summed E-state index contributed by atoms with van der Waals surface area (Å²) in [5.74, 6) is -0.344. The number of pyridine rings is 1. The van der Waals surface area contributed by atoms with Gasteiger partial charge in [-0.05, 0) is 36.4 Å². The van der Waals surface area contributed by atoms with E-state index >= 15 is 0 Å². The van der Waals surface area contributed by atoms with Crippen LogP contribution in [-0.4, -0.2) is 20.9 Å². The Kier molecular flexibility index (Phi) is 4.80. The van der Waals surface area contributed by atoms with E-state index in [1.165, 1.54) is 0 Å². The van der Waals surface area contributed by atoms with Crippen LogP contribution in [0.5, 0.6) is 0 Å². The Morgan fingerprint density at radius 3 is 2.38 bits per heavy atom. The number of halogens is 1. The van der Waals surface area contributed by atoms with Gasteiger partial charge in [-0.15, -0.1) is 0 Å². The summed E-state index contributed by atoms with van der Waals surface area (Å²) in [6.07, 6.45) is 0. The first-order valence-corrected chi connectivity index (χ1v) is 10.1. The minimum atomic E-state index is -0.759. The lowest BCUT2D eigenvalue weighted by atomic mass is 10.0. The van der Waals surface area contributed by atoms with Gasteiger partial charge in [0.1, 0.15) is 0 Å². The highest BCUT2D eigenvalue weighted by molar-refractivity contribution is 6.33. The van der Waals surface area contributed by atoms with Crippen molar-refractivity contribution in [3.8, 4) is 11.3 Å². The lowest BCUT2D eigenvalue weighted by Crippen LogP contribution is -2.28. The van der Waals surface area contributed by atoms with Gasteiger partial charge >= 0.3 is 11.1 Å². The van der Waals surface area contributed by atoms with Gasteiger partial charge in [0.2, 0.25) is 0 Å². The molecule has 0 unspecified atom stereocenters. The number of para-hydroxylation sites is 1. The van der Waals surface area contributed by atoms with Crippen LogP contribution in [0.4, 0.5) is 5.69 Å². The zero-order valence-corrected chi connectivity index (χ0v) is 17.2. The molecule has 156 valence electrons. The number of rotatable bonds is 3. The highest BCUT2D eigenvalue weighted by Gasteiger charge is 2.15. The lowest BCUT2D eigenvalue weighted by Gasteiger charge is -2.12. The van der Waals surface area contributed by atoms with Crippen molar-refractivity contribution in [3.63, 3.8) is 0 Å². The Morgan fingerprint density at radius 2 is 1.56 bits per heavy atom. The van der Waals surface area contributed by atoms with Crippen LogP contribution in [0.3, 0.4) is 0 Å². The molecule has 0 aliphatic rings. The minimum Gasteiger partial charge on any atom is -0.322 e. The highest BCUT2D eigenvalue weighted by Crippen LogP contribution is 2.30. The van der Waals surface area contributed by atoms with E-state index in [9.17, 15) is 14.4 Å². The quantitative estimate of drug-likeness (QED) is 0.361. The summed E-state index contributed by atoms with van der Waals surface area (Å²) >= 11 is 6.36. The SMILES string of the molecule is O=C(Nc1ccc2[nH]c(=O)c(=O)[nH]c2c1)c1cc(-c2ccccc2Cl)nc2ccccc12. The summed E-state index contributed by atoms with van der Waals surface area (Å²) in [6, 6.07) is 21.2. The molecule has 1 amide bonds. The molecule has 0 aliphatic heterocycles. The third-order valence-corrected chi connectivity index (χ3v) is 5.42. The molecule has 8 heteroatoms. The van der Waals surface area contributed by atoms with E-state index in [4.69, 9.17) is 11.6 Å². The summed E-state index contributed by atoms with van der Waals surface area (Å²) in [4.78, 5) is 46.0. The zero-order chi connectivity index (χ0) is 22.2. The molecule has 0 radical (unpaired) electrons. The largest absolute Gasteiger partial charge is 0.322 e. The van der Waals surface area contributed by atoms with E-state index in [0.29, 0.717) is 43.9 Å². The maximum atomic E-state index is 13.3. The average molecular weight is 443 g/mol. The molecule has 2 aromatic heterocycles. The normalized spacial score (nSPS) is 11.0. The van der Waals surface area contributed by atoms with Crippen molar-refractivity contribution in [2.24, 2.45) is 0 Å². The van der Waals surface area contributed by atoms with Gasteiger partial charge in [0.15, 0.2) is 0 Å². The van der Waals surface area contributed by atoms with Gasteiger partial charge in [0.25, 0.3) is 5.91 Å². The Balaban J connectivity index is 1.59. The first-order chi connectivity index (χ1) is 15.5. The molecule has 0 bridgehead atoms. The molecule has 0 fully saturated rings. The van der Waals surface area contributed by atoms with Crippen molar-refractivity contribution in [3.05, 3.63) is 104 Å². The van der Waals surface area contributed by atoms with Crippen molar-refractivity contribution in [2.45, 2.75) is 0 Å². The van der Waals surface area contributed by atoms with E-state index in [1.807, 2.05) is 42.5 Å². The molecule has 5 rings (SSSR count). The Bertz CT molecular complexity index is 1640. The number of aromatic amines is 2. The van der Waals surface area contributed by atoms with Gasteiger partial charge in [-0.2, -0.15) is 0 Å². The van der Waals surface area contributed by atoms with Gasteiger partial charge < -0.3 is 15.3 Å². The molecular formula is C24H15ClN4O3. The van der Waals surface area contributed by atoms with Gasteiger partial charge in [-0.1, -0.05) is 48.0 Å². The highest BCUT2D eigenvalue weighted by atomic mass is 35.5. The molecule has 5 aromatic rings. The second kappa shape index (κ2) is 7.79. The number of nitrogens with one attached hydrogen (secondary N) is 3. The molecule has 0 saturated heterocycles. The molecule has 2 heterocycles. The van der Waals surface area contributed by atoms with E-state index < -0.39 is 11.1 Å². The fourth-order valence-corrected chi connectivity index (χ4v) is 3.79. The topological polar surface area (TPSA) is 108 Å². The number of amides is 1. The summed E-state index contributed by atoms with van der Waals surface area (Å²) in [6.45, 7) is 0. The van der Waals surface area contributed by atoms with Gasteiger partial charge in [0, 0.05) is 21.7 Å². The van der Waals surface area contributed by atoms with E-state index in [1.54, 1.807) is 30.3 Å². The van der Waals surface area contributed by atoms with Crippen molar-refractivity contribution in [1.29, 1.82) is 0 Å². The number of nitrogens with zero attached hydrogens (tertiary/aromatic N) is 1. The van der Waals surface area contributed by atoms with Crippen molar-refractivity contribution in [2.75, 3.05) is 5.32 Å². The lowest BCUT2D eigenvalue weighted by molar-refractivity contribution is 0.102. The summed E-state index contributed by atoms with van der Waals surface area (Å²) < 4.78 is 0. The van der Waals surface area contributed by atoms with Crippen LogP contribution < -0.4 is 16.4 Å². The zero-order valence-electron chi connectivity index (χ0n) is 16.5. The third kappa shape index (κ3) is 3.55. The Hall–Kier alpha value is -4.23. The molecule has 32 heavy (non-hydrogen) atoms. The number of hydrogen-bond acceptors (Lipinski definition) is 4. The maximum absolute atomic E-state index is 13.3. The fraction of sp³-hybridized carbons (Fsp3) is 0. The molecule has 0 saturated carbocycles. The van der Waals surface area contributed by atoms with Gasteiger partial charge in [0.05, 0.1) is 27.8 Å². The van der Waals surface area contributed by atoms with Crippen molar-refractivity contribution >= 4 is 45.1 Å². The van der Waals surface area contributed by atoms with Crippen LogP contribution >= 0.6 is 11.6 Å². The molecule has 0 atom stereocenters. The van der Waals surface area contributed by atoms with Crippen LogP contribution in [0.25, 0.3) is 33.2 Å². The number of benzene rings is 3. The number of carbonyl (C=O) groups is 1. The molecule has 3 aromatic carbocycles. The summed E-state index contributed by atoms with van der Waals surface area (Å²) in [7, 11) is 0. The monoisotopic (exact) mass is 442 g/mol. The molecular weight excluding hydrogens is 428 g/mol. The number of H-pyrrole nitrogens is 2. The maximum Gasteiger partial charge on any atom is 0.314 e. The molecule has 3 N–H and O–H groups in total. The Morgan fingerprint density at radius 1 is 0.844 bits per heavy atom. The average Bonchev–Trinajstić information content (AvgIpc) is 2.79. The van der Waals surface area contributed by atoms with Crippen molar-refractivity contribution in [1.82, 2.24) is 15.0 Å². The molecule has 0 spiro atoms. The van der Waals surface area contributed by atoms with E-state index in [0.717, 1.165) is 5.56 Å². The second-order valence-electron chi connectivity index (χ2n) is 7.17. The van der Waals surface area contributed by atoms with Crippen molar-refractivity contribution < 1.29 is 4.79 Å². The standard InChI is InChI=1S/C24H15ClN4O3/c25-17-7-3-1-6-15(17)20-12-16(14-5-2-4-8-18(14)27-20)22(30)26-13-9-10-19-21(11-13)29-24(32)23(31)28-19/h1-12H,(H,26,30)(H,28,31)(H,29,32). The molecule has 0 aliphatic carbocycles. The van der Waals surface area contributed by atoms with E-state index in [-0.39, 0.29) is 5.91 Å². The predicted molar refractivity (Wildman–Crippen MR) is 125 cm³/mol. The van der Waals surface area contributed by atoms with Gasteiger partial charge in [-0.25, -0.2) is 4.98 Å². The smallest absolute Gasteiger partial charge is 0.314 e. The first kappa shape index (κ1) is 19.7. The third-order valence-electron chi connectivity index (χ3n) is 5.09. The van der Waals surface area contributed by atoms with E-state index in [2.05, 4.69) is 20.3 Å². The minimum absolute atomic E-state index is 0.344. The second-order valence-corrected chi connectivity index (χ2v) is 7.58. The van der Waals surface area contributed by atoms with Crippen LogP contribution in [0, 0.1) is 0 Å². The Labute approximate surface area is 185 Å². The number of anilines is 1. The van der Waals surface area contributed by atoms with Crippen LogP contribution in [0.15, 0.2) is 82.4 Å². The number of carbonyl (C=O) groups excluding carboxylic acids is 1. The van der Waals surface area contributed by atoms with Crippen LogP contribution in [-0.2, 0) is 0 Å². The predicted octanol–water partition coefficient (Wildman–Crippen LogP) is 4.34. The van der Waals surface area contributed by atoms with Crippen LogP contribution in [0.1, 0.15) is 10.4 Å². The summed E-state index contributed by atoms with van der Waals surface area (Å²) in [5, 5.41) is 4.09. The summed E-state index contributed by atoms with van der Waals surface area (Å²) in [5.41, 5.74) is 2.24. The fourth-order valence-electron chi connectivity index (χ4n) is 3.56. The number of fused-ring (bicyclic) bond motifs is 2. The van der Waals surface area contributed by atoms with Gasteiger partial charge in [-0.3, -0.25) is 14.4 Å².